The number of carbonyl (C=O) groups is 2. The van der Waals surface area contributed by atoms with E-state index in [-0.39, 0.29) is 23.8 Å². The van der Waals surface area contributed by atoms with E-state index in [0.717, 1.165) is 32.4 Å². The zero-order valence-electron chi connectivity index (χ0n) is 13.0. The fourth-order valence-corrected chi connectivity index (χ4v) is 3.02. The van der Waals surface area contributed by atoms with Crippen molar-refractivity contribution in [3.8, 4) is 0 Å². The summed E-state index contributed by atoms with van der Waals surface area (Å²) in [7, 11) is 2.03. The van der Waals surface area contributed by atoms with Gasteiger partial charge >= 0.3 is 5.97 Å². The normalized spacial score (nSPS) is 27.9. The zero-order valence-corrected chi connectivity index (χ0v) is 13.0. The van der Waals surface area contributed by atoms with Gasteiger partial charge in [0.15, 0.2) is 0 Å². The smallest absolute Gasteiger partial charge is 0.329 e. The second kappa shape index (κ2) is 5.72. The molecular formula is C15H26N2O3. The first-order valence-electron chi connectivity index (χ1n) is 7.50. The topological polar surface area (TPSA) is 49.9 Å². The van der Waals surface area contributed by atoms with E-state index >= 15 is 0 Å². The molecule has 2 aliphatic rings. The second-order valence-corrected chi connectivity index (χ2v) is 6.97. The minimum Gasteiger partial charge on any atom is -0.458 e. The van der Waals surface area contributed by atoms with Crippen LogP contribution in [-0.4, -0.2) is 60.0 Å². The van der Waals surface area contributed by atoms with E-state index in [1.807, 2.05) is 27.8 Å². The van der Waals surface area contributed by atoms with E-state index in [0.29, 0.717) is 6.54 Å². The summed E-state index contributed by atoms with van der Waals surface area (Å²) in [4.78, 5) is 28.7. The number of carbonyl (C=O) groups excluding carboxylic acids is 2. The Morgan fingerprint density at radius 1 is 1.15 bits per heavy atom. The number of likely N-dealkylation sites (tertiary alicyclic amines) is 2. The van der Waals surface area contributed by atoms with Crippen molar-refractivity contribution >= 4 is 11.9 Å². The monoisotopic (exact) mass is 282 g/mol. The van der Waals surface area contributed by atoms with Gasteiger partial charge in [0, 0.05) is 13.1 Å². The molecule has 2 aliphatic heterocycles. The molecule has 0 bridgehead atoms. The molecule has 1 unspecified atom stereocenters. The molecule has 114 valence electrons. The van der Waals surface area contributed by atoms with Crippen molar-refractivity contribution in [2.45, 2.75) is 51.7 Å². The number of ether oxygens (including phenoxy) is 1. The van der Waals surface area contributed by atoms with Gasteiger partial charge in [-0.2, -0.15) is 0 Å². The highest BCUT2D eigenvalue weighted by atomic mass is 16.6. The first-order valence-corrected chi connectivity index (χ1v) is 7.50. The Morgan fingerprint density at radius 2 is 1.85 bits per heavy atom. The van der Waals surface area contributed by atoms with Crippen molar-refractivity contribution in [2.75, 3.05) is 26.7 Å². The largest absolute Gasteiger partial charge is 0.458 e. The van der Waals surface area contributed by atoms with Gasteiger partial charge in [-0.05, 0) is 53.6 Å². The van der Waals surface area contributed by atoms with E-state index < -0.39 is 5.60 Å². The summed E-state index contributed by atoms with van der Waals surface area (Å²) in [6.45, 7) is 8.02. The molecule has 0 aliphatic carbocycles. The Labute approximate surface area is 121 Å². The van der Waals surface area contributed by atoms with Crippen LogP contribution in [0.1, 0.15) is 40.0 Å². The van der Waals surface area contributed by atoms with E-state index in [4.69, 9.17) is 4.74 Å². The Balaban J connectivity index is 2.00. The number of rotatable bonds is 2. The van der Waals surface area contributed by atoms with E-state index in [9.17, 15) is 9.59 Å². The Bertz CT molecular complexity index is 389. The third-order valence-electron chi connectivity index (χ3n) is 3.96. The van der Waals surface area contributed by atoms with Gasteiger partial charge in [-0.1, -0.05) is 0 Å². The van der Waals surface area contributed by atoms with E-state index in [1.165, 1.54) is 0 Å². The summed E-state index contributed by atoms with van der Waals surface area (Å²) in [5.74, 6) is -0.0829. The van der Waals surface area contributed by atoms with Crippen molar-refractivity contribution in [3.63, 3.8) is 0 Å². The molecule has 0 spiro atoms. The van der Waals surface area contributed by atoms with Crippen molar-refractivity contribution in [3.05, 3.63) is 0 Å². The van der Waals surface area contributed by atoms with Gasteiger partial charge in [-0.25, -0.2) is 4.79 Å². The molecule has 0 aromatic rings. The van der Waals surface area contributed by atoms with Crippen molar-refractivity contribution < 1.29 is 14.3 Å². The zero-order chi connectivity index (χ0) is 14.9. The van der Waals surface area contributed by atoms with Gasteiger partial charge in [0.2, 0.25) is 5.91 Å². The summed E-state index contributed by atoms with van der Waals surface area (Å²) in [6, 6.07) is -0.382. The number of amides is 1. The molecule has 0 aromatic heterocycles. The lowest BCUT2D eigenvalue weighted by Gasteiger charge is -2.29. The maximum Gasteiger partial charge on any atom is 0.329 e. The van der Waals surface area contributed by atoms with Gasteiger partial charge in [0.1, 0.15) is 11.6 Å². The van der Waals surface area contributed by atoms with Gasteiger partial charge in [-0.15, -0.1) is 0 Å². The molecule has 0 N–H and O–H groups in total. The van der Waals surface area contributed by atoms with Crippen LogP contribution in [0.15, 0.2) is 0 Å². The first kappa shape index (κ1) is 15.3. The van der Waals surface area contributed by atoms with Crippen LogP contribution in [0.5, 0.6) is 0 Å². The second-order valence-electron chi connectivity index (χ2n) is 6.97. The standard InChI is InChI=1S/C15H26N2O3/c1-15(2,3)20-14(19)12-6-5-8-17(12)13(18)11-7-9-16(4)10-11/h11-12H,5-10H2,1-4H3/t11?,12-/m0/s1. The van der Waals surface area contributed by atoms with Crippen molar-refractivity contribution in [1.29, 1.82) is 0 Å². The van der Waals surface area contributed by atoms with Gasteiger partial charge in [0.05, 0.1) is 5.92 Å². The summed E-state index contributed by atoms with van der Waals surface area (Å²) in [5.41, 5.74) is -0.498. The highest BCUT2D eigenvalue weighted by Gasteiger charge is 2.40. The van der Waals surface area contributed by atoms with Crippen LogP contribution in [0.2, 0.25) is 0 Å². The summed E-state index contributed by atoms with van der Waals surface area (Å²) >= 11 is 0. The number of nitrogens with zero attached hydrogens (tertiary/aromatic N) is 2. The molecule has 2 saturated heterocycles. The van der Waals surface area contributed by atoms with Crippen LogP contribution in [0.4, 0.5) is 0 Å². The minimum absolute atomic E-state index is 0.0445. The molecule has 2 heterocycles. The average Bonchev–Trinajstić information content (AvgIpc) is 2.93. The predicted octanol–water partition coefficient (Wildman–Crippen LogP) is 1.27. The van der Waals surface area contributed by atoms with Crippen molar-refractivity contribution in [1.82, 2.24) is 9.80 Å². The van der Waals surface area contributed by atoms with Gasteiger partial charge in [-0.3, -0.25) is 4.79 Å². The molecule has 0 radical (unpaired) electrons. The maximum atomic E-state index is 12.6. The lowest BCUT2D eigenvalue weighted by Crippen LogP contribution is -2.46. The maximum absolute atomic E-state index is 12.6. The SMILES string of the molecule is CN1CCC(C(=O)N2CCC[C@H]2C(=O)OC(C)(C)C)C1. The van der Waals surface area contributed by atoms with Crippen LogP contribution in [0.3, 0.4) is 0 Å². The summed E-state index contributed by atoms with van der Waals surface area (Å²) in [6.07, 6.45) is 2.51. The number of esters is 1. The summed E-state index contributed by atoms with van der Waals surface area (Å²) in [5, 5.41) is 0. The molecule has 0 saturated carbocycles. The third kappa shape index (κ3) is 3.51. The molecule has 20 heavy (non-hydrogen) atoms. The third-order valence-corrected chi connectivity index (χ3v) is 3.96. The lowest BCUT2D eigenvalue weighted by molar-refractivity contribution is -0.163. The molecular weight excluding hydrogens is 256 g/mol. The van der Waals surface area contributed by atoms with Crippen LogP contribution in [0.25, 0.3) is 0 Å². The van der Waals surface area contributed by atoms with Gasteiger partial charge < -0.3 is 14.5 Å². The quantitative estimate of drug-likeness (QED) is 0.716. The van der Waals surface area contributed by atoms with Crippen molar-refractivity contribution in [2.24, 2.45) is 5.92 Å². The Hall–Kier alpha value is -1.10. The molecule has 1 amide bonds. The molecule has 2 rings (SSSR count). The van der Waals surface area contributed by atoms with Crippen LogP contribution < -0.4 is 0 Å². The number of hydrogen-bond acceptors (Lipinski definition) is 4. The molecule has 5 nitrogen and oxygen atoms in total. The fraction of sp³-hybridized carbons (Fsp3) is 0.867. The van der Waals surface area contributed by atoms with E-state index in [2.05, 4.69) is 4.90 Å². The predicted molar refractivity (Wildman–Crippen MR) is 76.2 cm³/mol. The van der Waals surface area contributed by atoms with Crippen LogP contribution in [-0.2, 0) is 14.3 Å². The average molecular weight is 282 g/mol. The molecule has 0 aromatic carbocycles. The van der Waals surface area contributed by atoms with Crippen LogP contribution >= 0.6 is 0 Å². The van der Waals surface area contributed by atoms with E-state index in [1.54, 1.807) is 4.90 Å². The Kier molecular flexibility index (Phi) is 4.37. The highest BCUT2D eigenvalue weighted by molar-refractivity contribution is 5.86. The summed E-state index contributed by atoms with van der Waals surface area (Å²) < 4.78 is 5.44. The number of hydrogen-bond donors (Lipinski definition) is 0. The van der Waals surface area contributed by atoms with Crippen LogP contribution in [0, 0.1) is 5.92 Å². The molecule has 2 atom stereocenters. The van der Waals surface area contributed by atoms with Gasteiger partial charge in [0.25, 0.3) is 0 Å². The molecule has 5 heteroatoms. The lowest BCUT2D eigenvalue weighted by atomic mass is 10.1. The highest BCUT2D eigenvalue weighted by Crippen LogP contribution is 2.26. The Morgan fingerprint density at radius 3 is 2.40 bits per heavy atom. The first-order chi connectivity index (χ1) is 9.28. The minimum atomic E-state index is -0.498. The molecule has 2 fully saturated rings. The fourth-order valence-electron chi connectivity index (χ4n) is 3.02.